The van der Waals surface area contributed by atoms with Crippen LogP contribution >= 0.6 is 43.5 Å². The van der Waals surface area contributed by atoms with Gasteiger partial charge < -0.3 is 10.1 Å². The number of halogens is 3. The van der Waals surface area contributed by atoms with Gasteiger partial charge in [-0.25, -0.2) is 0 Å². The third-order valence-electron chi connectivity index (χ3n) is 2.43. The fourth-order valence-corrected chi connectivity index (χ4v) is 2.26. The Morgan fingerprint density at radius 2 is 1.79 bits per heavy atom. The lowest BCUT2D eigenvalue weighted by Crippen LogP contribution is -2.11. The molecule has 2 nitrogen and oxygen atoms in total. The maximum Gasteiger partial charge on any atom is 0.119 e. The van der Waals surface area contributed by atoms with Gasteiger partial charge in [0.25, 0.3) is 0 Å². The van der Waals surface area contributed by atoms with Crippen molar-refractivity contribution in [3.05, 3.63) is 56.4 Å². The highest BCUT2D eigenvalue weighted by Gasteiger charge is 1.99. The van der Waals surface area contributed by atoms with Gasteiger partial charge in [0.1, 0.15) is 12.4 Å². The second kappa shape index (κ2) is 7.17. The average molecular weight is 406 g/mol. The van der Waals surface area contributed by atoms with Crippen LogP contribution in [-0.4, -0.2) is 13.2 Å². The van der Waals surface area contributed by atoms with Gasteiger partial charge in [-0.3, -0.25) is 0 Å². The van der Waals surface area contributed by atoms with Gasteiger partial charge in [0.15, 0.2) is 0 Å². The summed E-state index contributed by atoms with van der Waals surface area (Å²) in [6.45, 7) is 1.33. The standard InChI is InChI=1S/C14H12Br2ClNO/c15-10-1-4-12(5-2-10)19-8-7-18-11-3-6-14(17)13(16)9-11/h1-6,9,18H,7-8H2. The van der Waals surface area contributed by atoms with Gasteiger partial charge in [0.2, 0.25) is 0 Å². The predicted molar refractivity (Wildman–Crippen MR) is 87.3 cm³/mol. The number of ether oxygens (including phenoxy) is 1. The fourth-order valence-electron chi connectivity index (χ4n) is 1.50. The van der Waals surface area contributed by atoms with Crippen molar-refractivity contribution < 1.29 is 4.74 Å². The second-order valence-corrected chi connectivity index (χ2v) is 6.04. The Morgan fingerprint density at radius 3 is 2.47 bits per heavy atom. The summed E-state index contributed by atoms with van der Waals surface area (Å²) in [7, 11) is 0. The van der Waals surface area contributed by atoms with Crippen molar-refractivity contribution in [3.8, 4) is 5.75 Å². The summed E-state index contributed by atoms with van der Waals surface area (Å²) in [5.41, 5.74) is 1.01. The lowest BCUT2D eigenvalue weighted by molar-refractivity contribution is 0.333. The molecule has 0 atom stereocenters. The summed E-state index contributed by atoms with van der Waals surface area (Å²) in [5, 5.41) is 3.98. The molecule has 0 heterocycles. The number of hydrogen-bond acceptors (Lipinski definition) is 2. The summed E-state index contributed by atoms with van der Waals surface area (Å²) in [4.78, 5) is 0. The zero-order valence-corrected chi connectivity index (χ0v) is 13.9. The molecule has 0 aliphatic heterocycles. The van der Waals surface area contributed by atoms with Gasteiger partial charge in [-0.15, -0.1) is 0 Å². The van der Waals surface area contributed by atoms with E-state index in [-0.39, 0.29) is 0 Å². The minimum absolute atomic E-state index is 0.599. The molecule has 100 valence electrons. The van der Waals surface area contributed by atoms with Gasteiger partial charge in [0, 0.05) is 21.2 Å². The molecule has 0 saturated carbocycles. The van der Waals surface area contributed by atoms with Crippen LogP contribution in [0.15, 0.2) is 51.4 Å². The third-order valence-corrected chi connectivity index (χ3v) is 4.18. The molecule has 2 rings (SSSR count). The first-order valence-electron chi connectivity index (χ1n) is 5.72. The van der Waals surface area contributed by atoms with Gasteiger partial charge in [-0.05, 0) is 58.4 Å². The Hall–Kier alpha value is -0.710. The smallest absolute Gasteiger partial charge is 0.119 e. The van der Waals surface area contributed by atoms with Crippen LogP contribution in [-0.2, 0) is 0 Å². The Bertz CT molecular complexity index is 546. The predicted octanol–water partition coefficient (Wildman–Crippen LogP) is 5.36. The van der Waals surface area contributed by atoms with Crippen LogP contribution in [0.3, 0.4) is 0 Å². The molecule has 0 radical (unpaired) electrons. The molecule has 5 heteroatoms. The van der Waals surface area contributed by atoms with Crippen LogP contribution in [0.25, 0.3) is 0 Å². The van der Waals surface area contributed by atoms with E-state index in [1.807, 2.05) is 42.5 Å². The quantitative estimate of drug-likeness (QED) is 0.677. The Kier molecular flexibility index (Phi) is 5.55. The lowest BCUT2D eigenvalue weighted by atomic mass is 10.3. The van der Waals surface area contributed by atoms with E-state index in [0.717, 1.165) is 26.9 Å². The molecule has 0 aliphatic carbocycles. The van der Waals surface area contributed by atoms with Crippen LogP contribution in [0.1, 0.15) is 0 Å². The molecule has 0 unspecified atom stereocenters. The summed E-state index contributed by atoms with van der Waals surface area (Å²) in [6.07, 6.45) is 0. The Morgan fingerprint density at radius 1 is 1.05 bits per heavy atom. The zero-order chi connectivity index (χ0) is 13.7. The molecule has 1 N–H and O–H groups in total. The Labute approximate surface area is 134 Å². The van der Waals surface area contributed by atoms with E-state index in [4.69, 9.17) is 16.3 Å². The number of rotatable bonds is 5. The molecule has 0 fully saturated rings. The van der Waals surface area contributed by atoms with Crippen molar-refractivity contribution in [3.63, 3.8) is 0 Å². The first-order chi connectivity index (χ1) is 9.15. The molecule has 0 bridgehead atoms. The molecule has 19 heavy (non-hydrogen) atoms. The van der Waals surface area contributed by atoms with Crippen LogP contribution < -0.4 is 10.1 Å². The van der Waals surface area contributed by atoms with Crippen molar-refractivity contribution in [2.24, 2.45) is 0 Å². The molecule has 0 aromatic heterocycles. The maximum atomic E-state index is 5.93. The number of nitrogens with one attached hydrogen (secondary N) is 1. The molecular weight excluding hydrogens is 393 g/mol. The third kappa shape index (κ3) is 4.71. The minimum atomic E-state index is 0.599. The van der Waals surface area contributed by atoms with Crippen molar-refractivity contribution in [1.82, 2.24) is 0 Å². The van der Waals surface area contributed by atoms with Crippen LogP contribution in [0, 0.1) is 0 Å². The van der Waals surface area contributed by atoms with E-state index in [0.29, 0.717) is 11.6 Å². The van der Waals surface area contributed by atoms with Gasteiger partial charge in [-0.2, -0.15) is 0 Å². The molecule has 0 spiro atoms. The highest BCUT2D eigenvalue weighted by molar-refractivity contribution is 9.10. The van der Waals surface area contributed by atoms with Crippen LogP contribution in [0.4, 0.5) is 5.69 Å². The Balaban J connectivity index is 1.77. The molecule has 0 amide bonds. The maximum absolute atomic E-state index is 5.93. The molecule has 0 aliphatic rings. The SMILES string of the molecule is Clc1ccc(NCCOc2ccc(Br)cc2)cc1Br. The van der Waals surface area contributed by atoms with E-state index >= 15 is 0 Å². The summed E-state index contributed by atoms with van der Waals surface area (Å²) >= 11 is 12.7. The fraction of sp³-hybridized carbons (Fsp3) is 0.143. The van der Waals surface area contributed by atoms with Crippen LogP contribution in [0.2, 0.25) is 5.02 Å². The van der Waals surface area contributed by atoms with Gasteiger partial charge >= 0.3 is 0 Å². The summed E-state index contributed by atoms with van der Waals surface area (Å²) in [5.74, 6) is 0.863. The van der Waals surface area contributed by atoms with E-state index < -0.39 is 0 Å². The first kappa shape index (κ1) is 14.7. The first-order valence-corrected chi connectivity index (χ1v) is 7.69. The topological polar surface area (TPSA) is 21.3 Å². The molecular formula is C14H12Br2ClNO. The minimum Gasteiger partial charge on any atom is -0.492 e. The molecule has 2 aromatic carbocycles. The van der Waals surface area contributed by atoms with E-state index in [1.165, 1.54) is 0 Å². The summed E-state index contributed by atoms with van der Waals surface area (Å²) in [6, 6.07) is 13.5. The zero-order valence-electron chi connectivity index (χ0n) is 10.00. The van der Waals surface area contributed by atoms with E-state index in [1.54, 1.807) is 0 Å². The van der Waals surface area contributed by atoms with Crippen molar-refractivity contribution >= 4 is 49.1 Å². The second-order valence-electron chi connectivity index (χ2n) is 3.86. The normalized spacial score (nSPS) is 10.3. The lowest BCUT2D eigenvalue weighted by Gasteiger charge is -2.09. The van der Waals surface area contributed by atoms with Crippen molar-refractivity contribution in [1.29, 1.82) is 0 Å². The van der Waals surface area contributed by atoms with Gasteiger partial charge in [0.05, 0.1) is 5.02 Å². The van der Waals surface area contributed by atoms with E-state index in [9.17, 15) is 0 Å². The van der Waals surface area contributed by atoms with Gasteiger partial charge in [-0.1, -0.05) is 27.5 Å². The molecule has 0 saturated heterocycles. The largest absolute Gasteiger partial charge is 0.492 e. The monoisotopic (exact) mass is 403 g/mol. The number of benzene rings is 2. The van der Waals surface area contributed by atoms with Crippen molar-refractivity contribution in [2.75, 3.05) is 18.5 Å². The van der Waals surface area contributed by atoms with E-state index in [2.05, 4.69) is 37.2 Å². The highest BCUT2D eigenvalue weighted by Crippen LogP contribution is 2.25. The van der Waals surface area contributed by atoms with Crippen LogP contribution in [0.5, 0.6) is 5.75 Å². The highest BCUT2D eigenvalue weighted by atomic mass is 79.9. The summed E-state index contributed by atoms with van der Waals surface area (Å²) < 4.78 is 7.54. The molecule has 2 aromatic rings. The number of hydrogen-bond donors (Lipinski definition) is 1. The average Bonchev–Trinajstić information content (AvgIpc) is 2.41. The number of anilines is 1. The van der Waals surface area contributed by atoms with Crippen molar-refractivity contribution in [2.45, 2.75) is 0 Å².